The SMILES string of the molecule is CNCC1COC(=O)N(c2ccc(Br)cc2)C1. The molecule has 1 saturated heterocycles. The summed E-state index contributed by atoms with van der Waals surface area (Å²) in [5, 5.41) is 3.11. The molecular weight excluding hydrogens is 284 g/mol. The summed E-state index contributed by atoms with van der Waals surface area (Å²) in [4.78, 5) is 13.4. The van der Waals surface area contributed by atoms with Gasteiger partial charge in [-0.2, -0.15) is 0 Å². The number of cyclic esters (lactones) is 1. The van der Waals surface area contributed by atoms with Crippen LogP contribution in [0.4, 0.5) is 10.5 Å². The average molecular weight is 299 g/mol. The summed E-state index contributed by atoms with van der Waals surface area (Å²) in [5.41, 5.74) is 0.874. The molecule has 0 saturated carbocycles. The lowest BCUT2D eigenvalue weighted by molar-refractivity contribution is 0.115. The predicted molar refractivity (Wildman–Crippen MR) is 70.3 cm³/mol. The standard InChI is InChI=1S/C12H15BrN2O2/c1-14-6-9-7-15(12(16)17-8-9)11-4-2-10(13)3-5-11/h2-5,9,14H,6-8H2,1H3. The van der Waals surface area contributed by atoms with E-state index in [1.54, 1.807) is 4.90 Å². The first-order valence-electron chi connectivity index (χ1n) is 5.55. The van der Waals surface area contributed by atoms with Crippen LogP contribution in [0.2, 0.25) is 0 Å². The van der Waals surface area contributed by atoms with Crippen molar-refractivity contribution in [2.24, 2.45) is 5.92 Å². The fourth-order valence-electron chi connectivity index (χ4n) is 1.90. The first-order valence-corrected chi connectivity index (χ1v) is 6.34. The maximum atomic E-state index is 11.7. The van der Waals surface area contributed by atoms with Crippen LogP contribution in [0.25, 0.3) is 0 Å². The van der Waals surface area contributed by atoms with Gasteiger partial charge in [-0.25, -0.2) is 4.79 Å². The molecule has 2 rings (SSSR count). The van der Waals surface area contributed by atoms with E-state index in [9.17, 15) is 4.79 Å². The van der Waals surface area contributed by atoms with E-state index in [1.165, 1.54) is 0 Å². The lowest BCUT2D eigenvalue weighted by atomic mass is 10.1. The minimum atomic E-state index is -0.264. The van der Waals surface area contributed by atoms with Crippen molar-refractivity contribution in [1.29, 1.82) is 0 Å². The largest absolute Gasteiger partial charge is 0.449 e. The van der Waals surface area contributed by atoms with Crippen LogP contribution in [-0.4, -0.2) is 32.8 Å². The monoisotopic (exact) mass is 298 g/mol. The molecule has 4 nitrogen and oxygen atoms in total. The third kappa shape index (κ3) is 2.98. The molecule has 0 aromatic heterocycles. The summed E-state index contributed by atoms with van der Waals surface area (Å²) in [6.45, 7) is 2.04. The highest BCUT2D eigenvalue weighted by atomic mass is 79.9. The lowest BCUT2D eigenvalue weighted by Gasteiger charge is -2.32. The molecule has 1 fully saturated rings. The highest BCUT2D eigenvalue weighted by Gasteiger charge is 2.27. The summed E-state index contributed by atoms with van der Waals surface area (Å²) in [5.74, 6) is 0.335. The number of carbonyl (C=O) groups excluding carboxylic acids is 1. The van der Waals surface area contributed by atoms with Gasteiger partial charge in [-0.15, -0.1) is 0 Å². The Hall–Kier alpha value is -1.07. The second-order valence-corrected chi connectivity index (χ2v) is 5.00. The topological polar surface area (TPSA) is 41.6 Å². The summed E-state index contributed by atoms with van der Waals surface area (Å²) >= 11 is 3.38. The second-order valence-electron chi connectivity index (χ2n) is 4.09. The Kier molecular flexibility index (Phi) is 4.02. The number of anilines is 1. The number of hydrogen-bond acceptors (Lipinski definition) is 3. The third-order valence-corrected chi connectivity index (χ3v) is 3.26. The molecule has 0 radical (unpaired) electrons. The molecule has 1 amide bonds. The van der Waals surface area contributed by atoms with Crippen LogP contribution in [0.5, 0.6) is 0 Å². The molecule has 92 valence electrons. The maximum absolute atomic E-state index is 11.7. The van der Waals surface area contributed by atoms with Crippen molar-refractivity contribution in [2.45, 2.75) is 0 Å². The number of amides is 1. The molecule has 0 spiro atoms. The minimum absolute atomic E-state index is 0.264. The summed E-state index contributed by atoms with van der Waals surface area (Å²) < 4.78 is 6.17. The van der Waals surface area contributed by atoms with Gasteiger partial charge in [0.2, 0.25) is 0 Å². The van der Waals surface area contributed by atoms with E-state index in [2.05, 4.69) is 21.2 Å². The molecule has 1 atom stereocenters. The van der Waals surface area contributed by atoms with Crippen molar-refractivity contribution in [3.05, 3.63) is 28.7 Å². The highest BCUT2D eigenvalue weighted by molar-refractivity contribution is 9.10. The van der Waals surface area contributed by atoms with Crippen molar-refractivity contribution in [3.63, 3.8) is 0 Å². The average Bonchev–Trinajstić information content (AvgIpc) is 2.33. The Labute approximate surface area is 109 Å². The first kappa shape index (κ1) is 12.4. The van der Waals surface area contributed by atoms with E-state index in [1.807, 2.05) is 31.3 Å². The van der Waals surface area contributed by atoms with Gasteiger partial charge in [0.05, 0.1) is 6.61 Å². The van der Waals surface area contributed by atoms with E-state index < -0.39 is 0 Å². The maximum Gasteiger partial charge on any atom is 0.414 e. The van der Waals surface area contributed by atoms with Gasteiger partial charge in [0, 0.05) is 29.2 Å². The van der Waals surface area contributed by atoms with E-state index in [4.69, 9.17) is 4.74 Å². The van der Waals surface area contributed by atoms with Crippen LogP contribution in [-0.2, 0) is 4.74 Å². The van der Waals surface area contributed by atoms with Crippen molar-refractivity contribution in [2.75, 3.05) is 31.6 Å². The number of nitrogens with zero attached hydrogens (tertiary/aromatic N) is 1. The molecular formula is C12H15BrN2O2. The highest BCUT2D eigenvalue weighted by Crippen LogP contribution is 2.22. The molecule has 1 aliphatic heterocycles. The molecule has 0 aliphatic carbocycles. The van der Waals surface area contributed by atoms with Crippen molar-refractivity contribution in [1.82, 2.24) is 5.32 Å². The van der Waals surface area contributed by atoms with Crippen LogP contribution in [0.15, 0.2) is 28.7 Å². The van der Waals surface area contributed by atoms with E-state index in [-0.39, 0.29) is 6.09 Å². The molecule has 0 bridgehead atoms. The van der Waals surface area contributed by atoms with Gasteiger partial charge in [-0.1, -0.05) is 15.9 Å². The molecule has 1 unspecified atom stereocenters. The van der Waals surface area contributed by atoms with Crippen LogP contribution in [0, 0.1) is 5.92 Å². The number of benzene rings is 1. The van der Waals surface area contributed by atoms with Crippen LogP contribution in [0.3, 0.4) is 0 Å². The zero-order valence-electron chi connectivity index (χ0n) is 9.65. The molecule has 17 heavy (non-hydrogen) atoms. The molecule has 1 aromatic rings. The summed E-state index contributed by atoms with van der Waals surface area (Å²) in [7, 11) is 1.90. The zero-order chi connectivity index (χ0) is 12.3. The second kappa shape index (κ2) is 5.51. The van der Waals surface area contributed by atoms with Gasteiger partial charge in [0.25, 0.3) is 0 Å². The Morgan fingerprint density at radius 2 is 2.18 bits per heavy atom. The van der Waals surface area contributed by atoms with Gasteiger partial charge in [-0.3, -0.25) is 4.90 Å². The van der Waals surface area contributed by atoms with Gasteiger partial charge in [0.1, 0.15) is 0 Å². The normalized spacial score (nSPS) is 20.2. The van der Waals surface area contributed by atoms with Crippen molar-refractivity contribution >= 4 is 27.7 Å². The number of carbonyl (C=O) groups is 1. The Morgan fingerprint density at radius 3 is 2.82 bits per heavy atom. The molecule has 5 heteroatoms. The van der Waals surface area contributed by atoms with Gasteiger partial charge in [0.15, 0.2) is 0 Å². The summed E-state index contributed by atoms with van der Waals surface area (Å²) in [6.07, 6.45) is -0.264. The van der Waals surface area contributed by atoms with E-state index in [0.29, 0.717) is 19.1 Å². The Bertz CT molecular complexity index is 394. The number of rotatable bonds is 3. The van der Waals surface area contributed by atoms with Crippen LogP contribution >= 0.6 is 15.9 Å². The fourth-order valence-corrected chi connectivity index (χ4v) is 2.16. The number of nitrogens with one attached hydrogen (secondary N) is 1. The quantitative estimate of drug-likeness (QED) is 0.930. The lowest BCUT2D eigenvalue weighted by Crippen LogP contribution is -2.46. The minimum Gasteiger partial charge on any atom is -0.449 e. The van der Waals surface area contributed by atoms with E-state index in [0.717, 1.165) is 16.7 Å². The molecule has 1 heterocycles. The van der Waals surface area contributed by atoms with Crippen LogP contribution in [0.1, 0.15) is 0 Å². The number of ether oxygens (including phenoxy) is 1. The Morgan fingerprint density at radius 1 is 1.47 bits per heavy atom. The Balaban J connectivity index is 2.12. The molecule has 1 aliphatic rings. The third-order valence-electron chi connectivity index (χ3n) is 2.73. The van der Waals surface area contributed by atoms with Crippen molar-refractivity contribution in [3.8, 4) is 0 Å². The molecule has 1 N–H and O–H groups in total. The predicted octanol–water partition coefficient (Wildman–Crippen LogP) is 2.24. The van der Waals surface area contributed by atoms with Gasteiger partial charge >= 0.3 is 6.09 Å². The number of halogens is 1. The van der Waals surface area contributed by atoms with Gasteiger partial charge in [-0.05, 0) is 31.3 Å². The van der Waals surface area contributed by atoms with E-state index >= 15 is 0 Å². The summed E-state index contributed by atoms with van der Waals surface area (Å²) in [6, 6.07) is 7.66. The molecule has 1 aromatic carbocycles. The van der Waals surface area contributed by atoms with Crippen molar-refractivity contribution < 1.29 is 9.53 Å². The smallest absolute Gasteiger partial charge is 0.414 e. The van der Waals surface area contributed by atoms with Crippen LogP contribution < -0.4 is 10.2 Å². The first-order chi connectivity index (χ1) is 8.20. The zero-order valence-corrected chi connectivity index (χ0v) is 11.2. The fraction of sp³-hybridized carbons (Fsp3) is 0.417. The van der Waals surface area contributed by atoms with Gasteiger partial charge < -0.3 is 10.1 Å². The number of hydrogen-bond donors (Lipinski definition) is 1.